The average Bonchev–Trinajstić information content (AvgIpc) is 3.30. The highest BCUT2D eigenvalue weighted by Crippen LogP contribution is 2.40. The predicted octanol–water partition coefficient (Wildman–Crippen LogP) is -3.51. The number of fused-ring (bicyclic) bond motifs is 3. The molecule has 9 rings (SSSR count). The highest BCUT2D eigenvalue weighted by molar-refractivity contribution is 7.74. The molecule has 0 N–H and O–H groups in total. The van der Waals surface area contributed by atoms with Crippen molar-refractivity contribution in [1.82, 2.24) is 0 Å². The molecule has 0 saturated carbocycles. The van der Waals surface area contributed by atoms with Gasteiger partial charge in [0.2, 0.25) is 0 Å². The van der Waals surface area contributed by atoms with Gasteiger partial charge in [-0.15, -0.1) is 5.62 Å². The maximum absolute atomic E-state index is 6.71. The summed E-state index contributed by atoms with van der Waals surface area (Å²) >= 11 is 0. The van der Waals surface area contributed by atoms with Crippen molar-refractivity contribution in [2.75, 3.05) is 0 Å². The quantitative estimate of drug-likeness (QED) is 0.474. The van der Waals surface area contributed by atoms with Crippen LogP contribution in [0.5, 0.6) is 0 Å². The molecule has 6 nitrogen and oxygen atoms in total. The molecule has 6 radical (unpaired) electrons. The van der Waals surface area contributed by atoms with Gasteiger partial charge in [-0.25, -0.2) is 0 Å². The van der Waals surface area contributed by atoms with Crippen molar-refractivity contribution in [1.29, 1.82) is 0 Å². The van der Waals surface area contributed by atoms with Crippen molar-refractivity contribution >= 4 is 83.2 Å². The zero-order valence-corrected chi connectivity index (χ0v) is 13.8. The first-order valence-electron chi connectivity index (χ1n) is 9.28. The predicted molar refractivity (Wildman–Crippen MR) is 105 cm³/mol. The SMILES string of the molecule is [B]B(B1CC2OB1O2)C(B([B])B1CC2OB1O2)B([B])B1CC2OB1O2. The van der Waals surface area contributed by atoms with Gasteiger partial charge in [-0.05, 0) is 19.0 Å². The van der Waals surface area contributed by atoms with E-state index < -0.39 is 0 Å². The Kier molecular flexibility index (Phi) is 3.81. The molecule has 18 heteroatoms. The van der Waals surface area contributed by atoms with Gasteiger partial charge in [0.05, 0.1) is 0 Å². The molecule has 0 aromatic rings. The summed E-state index contributed by atoms with van der Waals surface area (Å²) in [6, 6.07) is 0. The van der Waals surface area contributed by atoms with E-state index in [1.165, 1.54) is 0 Å². The van der Waals surface area contributed by atoms with Gasteiger partial charge in [0.15, 0.2) is 19.5 Å². The van der Waals surface area contributed by atoms with E-state index in [0.29, 0.717) is 0 Å². The average molecular weight is 320 g/mol. The van der Waals surface area contributed by atoms with Crippen LogP contribution in [0.25, 0.3) is 0 Å². The number of rotatable bonds is 6. The van der Waals surface area contributed by atoms with Crippen LogP contribution < -0.4 is 0 Å². The van der Waals surface area contributed by atoms with Crippen molar-refractivity contribution < 1.29 is 27.9 Å². The van der Waals surface area contributed by atoms with Crippen LogP contribution in [-0.4, -0.2) is 102 Å². The molecule has 0 aromatic heterocycles. The van der Waals surface area contributed by atoms with E-state index in [-0.39, 0.29) is 84.5 Å². The normalized spacial score (nSPS) is 27.2. The molecular weight excluding hydrogens is 310 g/mol. The highest BCUT2D eigenvalue weighted by atomic mass is 16.8. The van der Waals surface area contributed by atoms with Crippen LogP contribution in [0.3, 0.4) is 0 Å². The molecule has 9 saturated heterocycles. The molecule has 0 aliphatic carbocycles. The van der Waals surface area contributed by atoms with Crippen LogP contribution in [-0.2, 0) is 27.9 Å². The standard InChI is InChI=1S/C7H10B12O6/c8-14(11-1-4-20-17(11)21-4)7(15(9)12-2-5-22-18(12)23-5)16(10)13-3-6-24-19(13)25-6/h4-7H,1-3H2. The Labute approximate surface area is 154 Å². The highest BCUT2D eigenvalue weighted by Gasteiger charge is 2.64. The topological polar surface area (TPSA) is 55.4 Å². The fraction of sp³-hybridized carbons (Fsp3) is 1.00. The summed E-state index contributed by atoms with van der Waals surface area (Å²) in [5.74, 6) is 0. The first-order chi connectivity index (χ1) is 12.1. The van der Waals surface area contributed by atoms with Crippen LogP contribution in [0.1, 0.15) is 0 Å². The minimum Gasteiger partial charge on any atom is -0.394 e. The lowest BCUT2D eigenvalue weighted by molar-refractivity contribution is -0.0752. The van der Waals surface area contributed by atoms with Crippen molar-refractivity contribution in [3.05, 3.63) is 0 Å². The zero-order valence-electron chi connectivity index (χ0n) is 13.8. The maximum Gasteiger partial charge on any atom is 0.400 e. The molecule has 9 heterocycles. The molecule has 0 spiro atoms. The lowest BCUT2D eigenvalue weighted by Gasteiger charge is -2.38. The molecule has 9 aliphatic rings. The van der Waals surface area contributed by atoms with Crippen molar-refractivity contribution in [3.63, 3.8) is 0 Å². The lowest BCUT2D eigenvalue weighted by atomic mass is 8.67. The summed E-state index contributed by atoms with van der Waals surface area (Å²) < 4.78 is 33.7. The van der Waals surface area contributed by atoms with Gasteiger partial charge >= 0.3 is 21.0 Å². The molecular formula is C7H10B12O6. The summed E-state index contributed by atoms with van der Waals surface area (Å²) in [5, 5.41) is 0. The van der Waals surface area contributed by atoms with Crippen molar-refractivity contribution in [2.24, 2.45) is 0 Å². The van der Waals surface area contributed by atoms with Gasteiger partial charge in [0.25, 0.3) is 0 Å². The Hall–Kier alpha value is 0.539. The fourth-order valence-electron chi connectivity index (χ4n) is 5.51. The Morgan fingerprint density at radius 3 is 1.08 bits per heavy atom. The molecule has 6 bridgehead atoms. The van der Waals surface area contributed by atoms with Gasteiger partial charge in [0, 0.05) is 42.7 Å². The van der Waals surface area contributed by atoms with E-state index in [4.69, 9.17) is 51.1 Å². The molecule has 0 unspecified atom stereocenters. The second kappa shape index (κ2) is 5.77. The first-order valence-corrected chi connectivity index (χ1v) is 9.28. The van der Waals surface area contributed by atoms with Gasteiger partial charge in [0.1, 0.15) is 18.9 Å². The van der Waals surface area contributed by atoms with Gasteiger partial charge in [-0.1, -0.05) is 0 Å². The smallest absolute Gasteiger partial charge is 0.394 e. The summed E-state index contributed by atoms with van der Waals surface area (Å²) in [7, 11) is 19.5. The second-order valence-electron chi connectivity index (χ2n) is 8.22. The van der Waals surface area contributed by atoms with E-state index in [2.05, 4.69) is 0 Å². The Balaban J connectivity index is 1.26. The monoisotopic (exact) mass is 322 g/mol. The van der Waals surface area contributed by atoms with E-state index in [9.17, 15) is 0 Å². The first kappa shape index (κ1) is 16.5. The summed E-state index contributed by atoms with van der Waals surface area (Å²) in [4.78, 5) is 0. The third kappa shape index (κ3) is 2.37. The Morgan fingerprint density at radius 1 is 0.600 bits per heavy atom. The van der Waals surface area contributed by atoms with Gasteiger partial charge in [-0.2, -0.15) is 0 Å². The van der Waals surface area contributed by atoms with E-state index in [1.54, 1.807) is 0 Å². The molecule has 9 aliphatic heterocycles. The number of hydrogen-bond donors (Lipinski definition) is 0. The van der Waals surface area contributed by atoms with Crippen molar-refractivity contribution in [2.45, 2.75) is 43.4 Å². The summed E-state index contributed by atoms with van der Waals surface area (Å²) in [5.41, 5.74) is -0.107. The second-order valence-corrected chi connectivity index (χ2v) is 8.22. The van der Waals surface area contributed by atoms with E-state index in [0.717, 1.165) is 19.0 Å². The van der Waals surface area contributed by atoms with Crippen LogP contribution >= 0.6 is 0 Å². The van der Waals surface area contributed by atoms with Crippen molar-refractivity contribution in [3.8, 4) is 0 Å². The van der Waals surface area contributed by atoms with Crippen LogP contribution in [0, 0.1) is 0 Å². The Bertz CT molecular complexity index is 480. The molecule has 0 amide bonds. The minimum absolute atomic E-state index is 0.107. The van der Waals surface area contributed by atoms with E-state index >= 15 is 0 Å². The summed E-state index contributed by atoms with van der Waals surface area (Å²) in [6.45, 7) is -0.287. The third-order valence-electron chi connectivity index (χ3n) is 6.97. The molecule has 110 valence electrons. The molecule has 25 heavy (non-hydrogen) atoms. The lowest BCUT2D eigenvalue weighted by Crippen LogP contribution is -2.66. The minimum atomic E-state index is -0.226. The zero-order chi connectivity index (χ0) is 16.9. The van der Waals surface area contributed by atoms with Gasteiger partial charge < -0.3 is 27.9 Å². The molecule has 0 aromatic carbocycles. The third-order valence-corrected chi connectivity index (χ3v) is 6.97. The number of hydrogen-bond acceptors (Lipinski definition) is 6. The van der Waals surface area contributed by atoms with E-state index in [1.807, 2.05) is 0 Å². The molecule has 0 atom stereocenters. The maximum atomic E-state index is 6.71. The van der Waals surface area contributed by atoms with Crippen LogP contribution in [0.2, 0.25) is 24.6 Å². The summed E-state index contributed by atoms with van der Waals surface area (Å²) in [6.07, 6.45) is 2.04. The van der Waals surface area contributed by atoms with Crippen LogP contribution in [0.4, 0.5) is 0 Å². The van der Waals surface area contributed by atoms with Gasteiger partial charge in [-0.3, -0.25) is 0 Å². The molecule has 9 fully saturated rings. The Morgan fingerprint density at radius 2 is 0.880 bits per heavy atom. The fourth-order valence-corrected chi connectivity index (χ4v) is 5.51. The largest absolute Gasteiger partial charge is 0.400 e. The van der Waals surface area contributed by atoms with Crippen LogP contribution in [0.15, 0.2) is 0 Å².